The molecular formula is C28H28N4O5S. The van der Waals surface area contributed by atoms with Crippen molar-refractivity contribution in [3.8, 4) is 0 Å². The molecule has 0 fully saturated rings. The number of fused-ring (bicyclic) bond motifs is 1. The van der Waals surface area contributed by atoms with Crippen molar-refractivity contribution in [3.05, 3.63) is 104 Å². The van der Waals surface area contributed by atoms with E-state index in [2.05, 4.69) is 10.6 Å². The molecule has 0 spiro atoms. The molecule has 0 saturated carbocycles. The average Bonchev–Trinajstić information content (AvgIpc) is 3.47. The molecule has 0 bridgehead atoms. The molecule has 0 aliphatic rings. The SMILES string of the molecule is NCc1c(C(=O)N[C@@H](CNC(=O)c2cccs2)C(=O)O)c2ccccc2n(CCCc2ccccc2)c1=O. The van der Waals surface area contributed by atoms with Crippen molar-refractivity contribution in [2.75, 3.05) is 6.54 Å². The minimum Gasteiger partial charge on any atom is -0.480 e. The molecule has 2 aromatic heterocycles. The van der Waals surface area contributed by atoms with Gasteiger partial charge in [0, 0.05) is 30.6 Å². The highest BCUT2D eigenvalue weighted by atomic mass is 32.1. The zero-order valence-electron chi connectivity index (χ0n) is 20.6. The predicted octanol–water partition coefficient (Wildman–Crippen LogP) is 2.77. The van der Waals surface area contributed by atoms with Gasteiger partial charge in [-0.05, 0) is 35.9 Å². The quantitative estimate of drug-likeness (QED) is 0.234. The fraction of sp³-hybridized carbons (Fsp3) is 0.214. The van der Waals surface area contributed by atoms with E-state index >= 15 is 0 Å². The summed E-state index contributed by atoms with van der Waals surface area (Å²) in [4.78, 5) is 51.4. The number of aromatic nitrogens is 1. The first-order chi connectivity index (χ1) is 18.4. The number of carboxylic acid groups (broad SMARTS) is 1. The molecule has 196 valence electrons. The Labute approximate surface area is 222 Å². The molecule has 4 rings (SSSR count). The Hall–Kier alpha value is -4.28. The summed E-state index contributed by atoms with van der Waals surface area (Å²) in [6.07, 6.45) is 1.48. The number of hydrogen-bond acceptors (Lipinski definition) is 6. The van der Waals surface area contributed by atoms with Crippen molar-refractivity contribution in [2.24, 2.45) is 5.73 Å². The number of benzene rings is 2. The van der Waals surface area contributed by atoms with Gasteiger partial charge < -0.3 is 26.0 Å². The Morgan fingerprint density at radius 1 is 0.974 bits per heavy atom. The third-order valence-electron chi connectivity index (χ3n) is 6.21. The van der Waals surface area contributed by atoms with Gasteiger partial charge >= 0.3 is 5.97 Å². The number of aliphatic carboxylic acids is 1. The normalized spacial score (nSPS) is 11.7. The molecule has 10 heteroatoms. The van der Waals surface area contributed by atoms with E-state index < -0.39 is 23.8 Å². The van der Waals surface area contributed by atoms with Gasteiger partial charge in [-0.25, -0.2) is 4.79 Å². The molecule has 1 atom stereocenters. The second kappa shape index (κ2) is 12.3. The van der Waals surface area contributed by atoms with E-state index in [1.54, 1.807) is 46.3 Å². The number of nitrogens with one attached hydrogen (secondary N) is 2. The summed E-state index contributed by atoms with van der Waals surface area (Å²) in [6.45, 7) is -0.0994. The minimum atomic E-state index is -1.41. The number of thiophene rings is 1. The second-order valence-electron chi connectivity index (χ2n) is 8.67. The lowest BCUT2D eigenvalue weighted by atomic mass is 10.0. The van der Waals surface area contributed by atoms with Crippen LogP contribution in [0.1, 0.15) is 37.6 Å². The van der Waals surface area contributed by atoms with Gasteiger partial charge in [0.05, 0.1) is 16.0 Å². The molecule has 0 radical (unpaired) electrons. The van der Waals surface area contributed by atoms with Crippen molar-refractivity contribution in [2.45, 2.75) is 32.0 Å². The van der Waals surface area contributed by atoms with Gasteiger partial charge in [-0.2, -0.15) is 0 Å². The van der Waals surface area contributed by atoms with Gasteiger partial charge in [0.1, 0.15) is 6.04 Å². The molecule has 2 aromatic carbocycles. The van der Waals surface area contributed by atoms with Crippen molar-refractivity contribution in [3.63, 3.8) is 0 Å². The van der Waals surface area contributed by atoms with Crippen molar-refractivity contribution in [1.29, 1.82) is 0 Å². The smallest absolute Gasteiger partial charge is 0.328 e. The largest absolute Gasteiger partial charge is 0.480 e. The Bertz CT molecular complexity index is 1500. The van der Waals surface area contributed by atoms with Crippen LogP contribution in [-0.2, 0) is 24.3 Å². The summed E-state index contributed by atoms with van der Waals surface area (Å²) in [5.74, 6) is -2.50. The standard InChI is InChI=1S/C28H28N4O5S/c29-16-20-24(26(34)31-21(28(36)37)17-30-25(33)23-13-7-15-38-23)19-11-4-5-12-22(19)32(27(20)35)14-6-10-18-8-2-1-3-9-18/h1-5,7-9,11-13,15,21H,6,10,14,16-17,29H2,(H,30,33)(H,31,34)(H,36,37)/t21-/m0/s1. The third-order valence-corrected chi connectivity index (χ3v) is 7.07. The number of nitrogens with two attached hydrogens (primary N) is 1. The lowest BCUT2D eigenvalue weighted by Gasteiger charge is -2.19. The average molecular weight is 533 g/mol. The second-order valence-corrected chi connectivity index (χ2v) is 9.62. The number of nitrogens with zero attached hydrogens (tertiary/aromatic N) is 1. The first-order valence-electron chi connectivity index (χ1n) is 12.1. The van der Waals surface area contributed by atoms with E-state index in [9.17, 15) is 24.3 Å². The molecule has 5 N–H and O–H groups in total. The molecular weight excluding hydrogens is 504 g/mol. The Balaban J connectivity index is 1.60. The van der Waals surface area contributed by atoms with Crippen LogP contribution in [0.15, 0.2) is 76.9 Å². The van der Waals surface area contributed by atoms with E-state index in [4.69, 9.17) is 5.73 Å². The summed E-state index contributed by atoms with van der Waals surface area (Å²) in [5, 5.41) is 16.9. The number of rotatable bonds is 11. The molecule has 0 saturated heterocycles. The molecule has 0 aliphatic heterocycles. The lowest BCUT2D eigenvalue weighted by molar-refractivity contribution is -0.139. The Kier molecular flexibility index (Phi) is 8.67. The number of aryl methyl sites for hydroxylation is 2. The number of para-hydroxylation sites is 1. The van der Waals surface area contributed by atoms with Gasteiger partial charge in [0.15, 0.2) is 0 Å². The lowest BCUT2D eigenvalue weighted by Crippen LogP contribution is -2.49. The van der Waals surface area contributed by atoms with Crippen molar-refractivity contribution < 1.29 is 19.5 Å². The number of amides is 2. The van der Waals surface area contributed by atoms with Crippen LogP contribution in [0.3, 0.4) is 0 Å². The number of carbonyl (C=O) groups is 3. The number of carboxylic acids is 1. The number of carbonyl (C=O) groups excluding carboxylic acids is 2. The fourth-order valence-corrected chi connectivity index (χ4v) is 4.98. The van der Waals surface area contributed by atoms with E-state index in [-0.39, 0.29) is 29.8 Å². The molecule has 2 amide bonds. The maximum Gasteiger partial charge on any atom is 0.328 e. The number of hydrogen-bond donors (Lipinski definition) is 4. The summed E-state index contributed by atoms with van der Waals surface area (Å²) in [6, 6.07) is 18.8. The van der Waals surface area contributed by atoms with E-state index in [1.807, 2.05) is 30.3 Å². The zero-order chi connectivity index (χ0) is 27.1. The van der Waals surface area contributed by atoms with Crippen LogP contribution < -0.4 is 21.9 Å². The van der Waals surface area contributed by atoms with Gasteiger partial charge in [-0.15, -0.1) is 11.3 Å². The highest BCUT2D eigenvalue weighted by Gasteiger charge is 2.26. The van der Waals surface area contributed by atoms with Crippen LogP contribution in [0.5, 0.6) is 0 Å². The molecule has 2 heterocycles. The first kappa shape index (κ1) is 26.8. The molecule has 38 heavy (non-hydrogen) atoms. The van der Waals surface area contributed by atoms with Gasteiger partial charge in [0.2, 0.25) is 0 Å². The minimum absolute atomic E-state index is 0.0447. The van der Waals surface area contributed by atoms with Crippen LogP contribution in [0.25, 0.3) is 10.9 Å². The van der Waals surface area contributed by atoms with E-state index in [0.29, 0.717) is 28.7 Å². The molecule has 0 unspecified atom stereocenters. The molecule has 4 aromatic rings. The Morgan fingerprint density at radius 2 is 1.71 bits per heavy atom. The van der Waals surface area contributed by atoms with E-state index in [1.165, 1.54) is 11.3 Å². The van der Waals surface area contributed by atoms with Crippen molar-refractivity contribution >= 4 is 40.0 Å². The predicted molar refractivity (Wildman–Crippen MR) is 146 cm³/mol. The third kappa shape index (κ3) is 5.99. The number of pyridine rings is 1. The van der Waals surface area contributed by atoms with Crippen LogP contribution in [0.4, 0.5) is 0 Å². The molecule has 0 aliphatic carbocycles. The van der Waals surface area contributed by atoms with Crippen LogP contribution in [0.2, 0.25) is 0 Å². The fourth-order valence-electron chi connectivity index (χ4n) is 4.34. The summed E-state index contributed by atoms with van der Waals surface area (Å²) in [5.41, 5.74) is 7.43. The maximum absolute atomic E-state index is 13.5. The van der Waals surface area contributed by atoms with Gasteiger partial charge in [0.25, 0.3) is 17.4 Å². The van der Waals surface area contributed by atoms with Crippen LogP contribution >= 0.6 is 11.3 Å². The summed E-state index contributed by atoms with van der Waals surface area (Å²) < 4.78 is 1.62. The monoisotopic (exact) mass is 532 g/mol. The van der Waals surface area contributed by atoms with Crippen LogP contribution in [-0.4, -0.2) is 40.0 Å². The van der Waals surface area contributed by atoms with Crippen LogP contribution in [0, 0.1) is 0 Å². The van der Waals surface area contributed by atoms with Crippen molar-refractivity contribution in [1.82, 2.24) is 15.2 Å². The highest BCUT2D eigenvalue weighted by Crippen LogP contribution is 2.21. The maximum atomic E-state index is 13.5. The first-order valence-corrected chi connectivity index (χ1v) is 13.0. The van der Waals surface area contributed by atoms with Gasteiger partial charge in [-0.3, -0.25) is 14.4 Å². The zero-order valence-corrected chi connectivity index (χ0v) is 21.4. The van der Waals surface area contributed by atoms with E-state index in [0.717, 1.165) is 12.0 Å². The Morgan fingerprint density at radius 3 is 2.39 bits per heavy atom. The molecule has 9 nitrogen and oxygen atoms in total. The van der Waals surface area contributed by atoms with Gasteiger partial charge in [-0.1, -0.05) is 54.6 Å². The topological polar surface area (TPSA) is 144 Å². The highest BCUT2D eigenvalue weighted by molar-refractivity contribution is 7.12. The summed E-state index contributed by atoms with van der Waals surface area (Å²) in [7, 11) is 0. The summed E-state index contributed by atoms with van der Waals surface area (Å²) >= 11 is 1.22.